The van der Waals surface area contributed by atoms with E-state index in [1.807, 2.05) is 6.92 Å². The maximum absolute atomic E-state index is 10.5. The van der Waals surface area contributed by atoms with Crippen molar-refractivity contribution in [2.24, 2.45) is 5.73 Å². The first-order chi connectivity index (χ1) is 3.81. The molecule has 0 aliphatic rings. The molecule has 2 N–H and O–H groups in total. The van der Waals surface area contributed by atoms with Gasteiger partial charge in [-0.05, 0) is 13.0 Å². The van der Waals surface area contributed by atoms with Crippen LogP contribution in [0.15, 0.2) is 0 Å². The summed E-state index contributed by atoms with van der Waals surface area (Å²) in [5, 5.41) is 0. The van der Waals surface area contributed by atoms with E-state index in [-0.39, 0.29) is 1.43 Å². The van der Waals surface area contributed by atoms with E-state index in [0.717, 1.165) is 6.42 Å². The van der Waals surface area contributed by atoms with Crippen molar-refractivity contribution in [2.45, 2.75) is 26.2 Å². The lowest BCUT2D eigenvalue weighted by Gasteiger charge is -1.91. The van der Waals surface area contributed by atoms with E-state index in [1.54, 1.807) is 0 Å². The average Bonchev–Trinajstić information content (AvgIpc) is 1.83. The molecular weight excluding hydrogens is 102 g/mol. The number of hydrogen-bond acceptors (Lipinski definition) is 2. The zero-order valence-corrected chi connectivity index (χ0v) is 5.31. The summed E-state index contributed by atoms with van der Waals surface area (Å²) in [6.07, 6.45) is 2.15. The van der Waals surface area contributed by atoms with Gasteiger partial charge in [0.1, 0.15) is 5.78 Å². The molecule has 0 saturated carbocycles. The molecule has 0 unspecified atom stereocenters. The number of ketones is 1. The second-order valence-electron chi connectivity index (χ2n) is 1.78. The number of rotatable bonds is 4. The van der Waals surface area contributed by atoms with Crippen molar-refractivity contribution in [2.75, 3.05) is 6.54 Å². The first kappa shape index (κ1) is 7.63. The summed E-state index contributed by atoms with van der Waals surface area (Å²) in [5.41, 5.74) is 5.18. The number of carbonyl (C=O) groups excluding carboxylic acids is 1. The minimum Gasteiger partial charge on any atom is -0.330 e. The molecule has 0 fully saturated rings. The Morgan fingerprint density at radius 2 is 2.38 bits per heavy atom. The lowest BCUT2D eigenvalue weighted by atomic mass is 10.2. The number of nitrogens with two attached hydrogens (primary N) is 1. The monoisotopic (exact) mass is 117 g/mol. The second kappa shape index (κ2) is 4.78. The van der Waals surface area contributed by atoms with E-state index < -0.39 is 0 Å². The molecule has 0 aliphatic heterocycles. The fourth-order valence-electron chi connectivity index (χ4n) is 0.476. The summed E-state index contributed by atoms with van der Waals surface area (Å²) in [6.45, 7) is 2.50. The van der Waals surface area contributed by atoms with Crippen molar-refractivity contribution in [1.29, 1.82) is 0 Å². The smallest absolute Gasteiger partial charge is 0.132 e. The molecule has 0 aromatic carbocycles. The van der Waals surface area contributed by atoms with Gasteiger partial charge in [0, 0.05) is 14.3 Å². The van der Waals surface area contributed by atoms with E-state index in [2.05, 4.69) is 0 Å². The van der Waals surface area contributed by atoms with Gasteiger partial charge in [-0.15, -0.1) is 0 Å². The van der Waals surface area contributed by atoms with Crippen LogP contribution in [0.2, 0.25) is 0 Å². The van der Waals surface area contributed by atoms with E-state index in [9.17, 15) is 4.79 Å². The summed E-state index contributed by atoms with van der Waals surface area (Å²) in [7, 11) is 0. The SMILES string of the molecule is CCC(=O)CCCN.[HH]. The minimum absolute atomic E-state index is 0. The van der Waals surface area contributed by atoms with E-state index in [1.165, 1.54) is 0 Å². The van der Waals surface area contributed by atoms with Crippen molar-refractivity contribution in [3.8, 4) is 0 Å². The lowest BCUT2D eigenvalue weighted by Crippen LogP contribution is -2.02. The Bertz CT molecular complexity index is 75.5. The van der Waals surface area contributed by atoms with Crippen molar-refractivity contribution < 1.29 is 6.22 Å². The van der Waals surface area contributed by atoms with Crippen LogP contribution in [0.4, 0.5) is 0 Å². The van der Waals surface area contributed by atoms with Gasteiger partial charge < -0.3 is 5.73 Å². The van der Waals surface area contributed by atoms with Crippen LogP contribution in [0.3, 0.4) is 0 Å². The Morgan fingerprint density at radius 1 is 1.75 bits per heavy atom. The number of Topliss-reactive ketones (excluding diaryl/α,β-unsaturated/α-hetero) is 1. The second-order valence-corrected chi connectivity index (χ2v) is 1.78. The van der Waals surface area contributed by atoms with Crippen LogP contribution in [0.1, 0.15) is 27.6 Å². The van der Waals surface area contributed by atoms with Gasteiger partial charge in [-0.3, -0.25) is 4.79 Å². The molecule has 0 aliphatic carbocycles. The average molecular weight is 117 g/mol. The Balaban J connectivity index is 0. The van der Waals surface area contributed by atoms with Gasteiger partial charge in [0.15, 0.2) is 0 Å². The largest absolute Gasteiger partial charge is 0.330 e. The maximum atomic E-state index is 10.5. The molecule has 50 valence electrons. The summed E-state index contributed by atoms with van der Waals surface area (Å²) < 4.78 is 0. The predicted octanol–water partition coefficient (Wildman–Crippen LogP) is 0.950. The van der Waals surface area contributed by atoms with Crippen LogP contribution < -0.4 is 5.73 Å². The highest BCUT2D eigenvalue weighted by molar-refractivity contribution is 5.77. The summed E-state index contributed by atoms with van der Waals surface area (Å²) >= 11 is 0. The zero-order valence-electron chi connectivity index (χ0n) is 5.31. The molecule has 0 heterocycles. The number of carbonyl (C=O) groups is 1. The molecular formula is C6H15NO. The minimum atomic E-state index is 0. The van der Waals surface area contributed by atoms with Crippen molar-refractivity contribution >= 4 is 5.78 Å². The Morgan fingerprint density at radius 3 is 2.75 bits per heavy atom. The van der Waals surface area contributed by atoms with Crippen LogP contribution >= 0.6 is 0 Å². The van der Waals surface area contributed by atoms with E-state index in [0.29, 0.717) is 25.2 Å². The van der Waals surface area contributed by atoms with E-state index in [4.69, 9.17) is 5.73 Å². The van der Waals surface area contributed by atoms with Gasteiger partial charge in [-0.1, -0.05) is 6.92 Å². The van der Waals surface area contributed by atoms with Crippen LogP contribution in [0.5, 0.6) is 0 Å². The van der Waals surface area contributed by atoms with Gasteiger partial charge in [0.05, 0.1) is 0 Å². The van der Waals surface area contributed by atoms with Crippen molar-refractivity contribution in [3.63, 3.8) is 0 Å². The van der Waals surface area contributed by atoms with Gasteiger partial charge in [0.25, 0.3) is 0 Å². The molecule has 0 saturated heterocycles. The van der Waals surface area contributed by atoms with Gasteiger partial charge in [0.2, 0.25) is 0 Å². The first-order valence-electron chi connectivity index (χ1n) is 3.03. The fraction of sp³-hybridized carbons (Fsp3) is 0.833. The van der Waals surface area contributed by atoms with Crippen LogP contribution in [-0.2, 0) is 4.79 Å². The summed E-state index contributed by atoms with van der Waals surface area (Å²) in [6, 6.07) is 0. The van der Waals surface area contributed by atoms with Crippen LogP contribution in [0, 0.1) is 0 Å². The first-order valence-corrected chi connectivity index (χ1v) is 3.03. The molecule has 0 rings (SSSR count). The highest BCUT2D eigenvalue weighted by Crippen LogP contribution is 1.90. The fourth-order valence-corrected chi connectivity index (χ4v) is 0.476. The molecule has 2 heteroatoms. The molecule has 0 bridgehead atoms. The lowest BCUT2D eigenvalue weighted by molar-refractivity contribution is -0.118. The Kier molecular flexibility index (Phi) is 4.56. The van der Waals surface area contributed by atoms with E-state index >= 15 is 0 Å². The molecule has 0 atom stereocenters. The standard InChI is InChI=1S/C6H13NO.H2/c1-2-6(8)4-3-5-7;/h2-5,7H2,1H3;1H. The number of hydrogen-bond donors (Lipinski definition) is 1. The molecule has 8 heavy (non-hydrogen) atoms. The Labute approximate surface area is 51.6 Å². The topological polar surface area (TPSA) is 43.1 Å². The third-order valence-corrected chi connectivity index (χ3v) is 1.05. The highest BCUT2D eigenvalue weighted by atomic mass is 16.1. The third kappa shape index (κ3) is 3.81. The summed E-state index contributed by atoms with van der Waals surface area (Å²) in [4.78, 5) is 10.5. The molecule has 0 amide bonds. The quantitative estimate of drug-likeness (QED) is 0.595. The molecule has 0 aromatic rings. The summed E-state index contributed by atoms with van der Waals surface area (Å²) in [5.74, 6) is 0.315. The third-order valence-electron chi connectivity index (χ3n) is 1.05. The zero-order chi connectivity index (χ0) is 6.41. The van der Waals surface area contributed by atoms with Gasteiger partial charge in [-0.25, -0.2) is 0 Å². The normalized spacial score (nSPS) is 9.25. The van der Waals surface area contributed by atoms with Crippen molar-refractivity contribution in [3.05, 3.63) is 0 Å². The molecule has 0 spiro atoms. The van der Waals surface area contributed by atoms with Gasteiger partial charge in [-0.2, -0.15) is 0 Å². The van der Waals surface area contributed by atoms with Crippen molar-refractivity contribution in [1.82, 2.24) is 0 Å². The maximum Gasteiger partial charge on any atom is 0.132 e. The highest BCUT2D eigenvalue weighted by Gasteiger charge is 1.93. The Hall–Kier alpha value is -0.370. The van der Waals surface area contributed by atoms with Crippen LogP contribution in [-0.4, -0.2) is 12.3 Å². The van der Waals surface area contributed by atoms with Crippen LogP contribution in [0.25, 0.3) is 0 Å². The molecule has 2 nitrogen and oxygen atoms in total. The molecule has 0 radical (unpaired) electrons. The predicted molar refractivity (Wildman–Crippen MR) is 35.7 cm³/mol. The van der Waals surface area contributed by atoms with Gasteiger partial charge >= 0.3 is 0 Å². The molecule has 0 aromatic heterocycles.